The third kappa shape index (κ3) is 3.80. The van der Waals surface area contributed by atoms with Crippen LogP contribution in [-0.4, -0.2) is 37.6 Å². The Labute approximate surface area is 190 Å². The minimum atomic E-state index is -0.0165. The summed E-state index contributed by atoms with van der Waals surface area (Å²) in [6, 6.07) is 24.8. The lowest BCUT2D eigenvalue weighted by Crippen LogP contribution is -2.45. The standard InChI is InChI=1S/C28H30N2O2/c1-21-8-10-23(11-9-21)27(31)30-20-28(25-18-24(32-2)12-13-26(25)30)14-16-29(17-15-28)19-22-6-4-3-5-7-22/h3-13,18H,14-17,19-20H2,1-2H3. The SMILES string of the molecule is COc1ccc2c(c1)C1(CCN(Cc3ccccc3)CC1)CN2C(=O)c1ccc(C)cc1. The van der Waals surface area contributed by atoms with E-state index >= 15 is 0 Å². The summed E-state index contributed by atoms with van der Waals surface area (Å²) >= 11 is 0. The number of amides is 1. The molecule has 2 aliphatic rings. The first-order chi connectivity index (χ1) is 15.6. The summed E-state index contributed by atoms with van der Waals surface area (Å²) < 4.78 is 5.55. The Morgan fingerprint density at radius 1 is 0.969 bits per heavy atom. The Bertz CT molecular complexity index is 1100. The average Bonchev–Trinajstić information content (AvgIpc) is 3.14. The Balaban J connectivity index is 1.41. The van der Waals surface area contributed by atoms with Crippen LogP contribution in [-0.2, 0) is 12.0 Å². The fraction of sp³-hybridized carbons (Fsp3) is 0.321. The quantitative estimate of drug-likeness (QED) is 0.575. The lowest BCUT2D eigenvalue weighted by Gasteiger charge is -2.40. The fourth-order valence-electron chi connectivity index (χ4n) is 5.22. The summed E-state index contributed by atoms with van der Waals surface area (Å²) in [5.74, 6) is 0.944. The van der Waals surface area contributed by atoms with Gasteiger partial charge < -0.3 is 9.64 Å². The van der Waals surface area contributed by atoms with E-state index in [1.807, 2.05) is 42.2 Å². The number of carbonyl (C=O) groups excluding carboxylic acids is 1. The number of fused-ring (bicyclic) bond motifs is 2. The molecule has 3 aromatic carbocycles. The van der Waals surface area contributed by atoms with E-state index in [0.29, 0.717) is 0 Å². The molecule has 0 unspecified atom stereocenters. The van der Waals surface area contributed by atoms with Gasteiger partial charge in [0.1, 0.15) is 5.75 Å². The van der Waals surface area contributed by atoms with Crippen LogP contribution in [0.4, 0.5) is 5.69 Å². The molecule has 0 saturated carbocycles. The summed E-state index contributed by atoms with van der Waals surface area (Å²) in [5, 5.41) is 0. The molecule has 1 fully saturated rings. The molecule has 0 aromatic heterocycles. The molecule has 4 nitrogen and oxygen atoms in total. The third-order valence-electron chi connectivity index (χ3n) is 7.13. The summed E-state index contributed by atoms with van der Waals surface area (Å²) in [4.78, 5) is 18.0. The molecule has 2 heterocycles. The number of hydrogen-bond acceptors (Lipinski definition) is 3. The molecule has 32 heavy (non-hydrogen) atoms. The first kappa shape index (κ1) is 20.8. The van der Waals surface area contributed by atoms with Crippen molar-refractivity contribution in [2.75, 3.05) is 31.6 Å². The second-order valence-electron chi connectivity index (χ2n) is 9.18. The second kappa shape index (κ2) is 8.44. The average molecular weight is 427 g/mol. The molecule has 0 atom stereocenters. The highest BCUT2D eigenvalue weighted by atomic mass is 16.5. The molecule has 1 amide bonds. The van der Waals surface area contributed by atoms with Gasteiger partial charge in [-0.1, -0.05) is 48.0 Å². The number of rotatable bonds is 4. The molecule has 5 rings (SSSR count). The first-order valence-corrected chi connectivity index (χ1v) is 11.4. The molecule has 0 radical (unpaired) electrons. The normalized spacial score (nSPS) is 17.4. The number of anilines is 1. The summed E-state index contributed by atoms with van der Waals surface area (Å²) in [6.07, 6.45) is 2.08. The molecular weight excluding hydrogens is 396 g/mol. The van der Waals surface area contributed by atoms with Crippen molar-refractivity contribution in [1.82, 2.24) is 4.90 Å². The fourth-order valence-corrected chi connectivity index (χ4v) is 5.22. The number of nitrogens with zero attached hydrogens (tertiary/aromatic N) is 2. The zero-order valence-electron chi connectivity index (χ0n) is 18.9. The van der Waals surface area contributed by atoms with Crippen LogP contribution in [0.1, 0.15) is 39.9 Å². The van der Waals surface area contributed by atoms with E-state index in [0.717, 1.165) is 61.6 Å². The third-order valence-corrected chi connectivity index (χ3v) is 7.13. The molecular formula is C28H30N2O2. The maximum absolute atomic E-state index is 13.5. The van der Waals surface area contributed by atoms with Crippen molar-refractivity contribution in [1.29, 1.82) is 0 Å². The van der Waals surface area contributed by atoms with Crippen molar-refractivity contribution in [2.24, 2.45) is 0 Å². The predicted octanol–water partition coefficient (Wildman–Crippen LogP) is 5.20. The lowest BCUT2D eigenvalue weighted by atomic mass is 9.74. The zero-order chi connectivity index (χ0) is 22.1. The van der Waals surface area contributed by atoms with Gasteiger partial charge in [0.05, 0.1) is 7.11 Å². The molecule has 4 heteroatoms. The van der Waals surface area contributed by atoms with Crippen LogP contribution in [0, 0.1) is 6.92 Å². The number of methoxy groups -OCH3 is 1. The number of benzene rings is 3. The van der Waals surface area contributed by atoms with Gasteiger partial charge in [-0.15, -0.1) is 0 Å². The molecule has 2 aliphatic heterocycles. The van der Waals surface area contributed by atoms with Crippen LogP contribution in [0.5, 0.6) is 5.75 Å². The Morgan fingerprint density at radius 2 is 1.69 bits per heavy atom. The second-order valence-corrected chi connectivity index (χ2v) is 9.18. The minimum absolute atomic E-state index is 0.0165. The van der Waals surface area contributed by atoms with Gasteiger partial charge in [0, 0.05) is 29.8 Å². The van der Waals surface area contributed by atoms with Crippen LogP contribution in [0.15, 0.2) is 72.8 Å². The van der Waals surface area contributed by atoms with Crippen molar-refractivity contribution < 1.29 is 9.53 Å². The van der Waals surface area contributed by atoms with Gasteiger partial charge in [-0.05, 0) is 74.3 Å². The van der Waals surface area contributed by atoms with E-state index in [-0.39, 0.29) is 11.3 Å². The number of aryl methyl sites for hydroxylation is 1. The molecule has 0 aliphatic carbocycles. The van der Waals surface area contributed by atoms with E-state index in [9.17, 15) is 4.79 Å². The van der Waals surface area contributed by atoms with Crippen LogP contribution in [0.25, 0.3) is 0 Å². The van der Waals surface area contributed by atoms with E-state index in [1.165, 1.54) is 11.1 Å². The van der Waals surface area contributed by atoms with Gasteiger partial charge in [-0.2, -0.15) is 0 Å². The van der Waals surface area contributed by atoms with E-state index in [4.69, 9.17) is 4.74 Å². The molecule has 3 aromatic rings. The van der Waals surface area contributed by atoms with Crippen molar-refractivity contribution >= 4 is 11.6 Å². The van der Waals surface area contributed by atoms with E-state index < -0.39 is 0 Å². The zero-order valence-corrected chi connectivity index (χ0v) is 18.9. The molecule has 164 valence electrons. The number of ether oxygens (including phenoxy) is 1. The largest absolute Gasteiger partial charge is 0.497 e. The van der Waals surface area contributed by atoms with Gasteiger partial charge in [0.15, 0.2) is 0 Å². The lowest BCUT2D eigenvalue weighted by molar-refractivity contribution is 0.0975. The maximum Gasteiger partial charge on any atom is 0.258 e. The number of hydrogen-bond donors (Lipinski definition) is 0. The first-order valence-electron chi connectivity index (χ1n) is 11.4. The highest BCUT2D eigenvalue weighted by Crippen LogP contribution is 2.48. The van der Waals surface area contributed by atoms with Gasteiger partial charge in [0.25, 0.3) is 5.91 Å². The topological polar surface area (TPSA) is 32.8 Å². The molecule has 1 saturated heterocycles. The van der Waals surface area contributed by atoms with E-state index in [1.54, 1.807) is 7.11 Å². The smallest absolute Gasteiger partial charge is 0.258 e. The van der Waals surface area contributed by atoms with Crippen molar-refractivity contribution in [3.05, 3.63) is 95.1 Å². The van der Waals surface area contributed by atoms with Crippen molar-refractivity contribution in [2.45, 2.75) is 31.7 Å². The summed E-state index contributed by atoms with van der Waals surface area (Å²) in [7, 11) is 1.71. The number of piperidine rings is 1. The maximum atomic E-state index is 13.5. The summed E-state index contributed by atoms with van der Waals surface area (Å²) in [5.41, 5.74) is 5.54. The highest BCUT2D eigenvalue weighted by Gasteiger charge is 2.46. The van der Waals surface area contributed by atoms with Gasteiger partial charge >= 0.3 is 0 Å². The van der Waals surface area contributed by atoms with E-state index in [2.05, 4.69) is 47.4 Å². The number of carbonyl (C=O) groups is 1. The molecule has 0 bridgehead atoms. The summed E-state index contributed by atoms with van der Waals surface area (Å²) in [6.45, 7) is 5.81. The highest BCUT2D eigenvalue weighted by molar-refractivity contribution is 6.07. The van der Waals surface area contributed by atoms with Crippen LogP contribution >= 0.6 is 0 Å². The Hall–Kier alpha value is -3.11. The van der Waals surface area contributed by atoms with Crippen molar-refractivity contribution in [3.63, 3.8) is 0 Å². The van der Waals surface area contributed by atoms with Gasteiger partial charge in [-0.25, -0.2) is 0 Å². The minimum Gasteiger partial charge on any atom is -0.497 e. The monoisotopic (exact) mass is 426 g/mol. The predicted molar refractivity (Wildman–Crippen MR) is 128 cm³/mol. The Morgan fingerprint density at radius 3 is 2.38 bits per heavy atom. The molecule has 1 spiro atoms. The Kier molecular flexibility index (Phi) is 5.48. The molecule has 0 N–H and O–H groups in total. The van der Waals surface area contributed by atoms with Crippen LogP contribution < -0.4 is 9.64 Å². The van der Waals surface area contributed by atoms with Crippen molar-refractivity contribution in [3.8, 4) is 5.75 Å². The van der Waals surface area contributed by atoms with Gasteiger partial charge in [0.2, 0.25) is 0 Å². The van der Waals surface area contributed by atoms with Gasteiger partial charge in [-0.3, -0.25) is 9.69 Å². The number of likely N-dealkylation sites (tertiary alicyclic amines) is 1. The van der Waals surface area contributed by atoms with Crippen LogP contribution in [0.3, 0.4) is 0 Å². The van der Waals surface area contributed by atoms with Crippen LogP contribution in [0.2, 0.25) is 0 Å².